The fourth-order valence-corrected chi connectivity index (χ4v) is 6.26. The minimum absolute atomic E-state index is 0.0244. The van der Waals surface area contributed by atoms with Crippen molar-refractivity contribution in [3.63, 3.8) is 0 Å². The zero-order chi connectivity index (χ0) is 27.1. The first kappa shape index (κ1) is 25.6. The van der Waals surface area contributed by atoms with Crippen LogP contribution in [0, 0.1) is 0 Å². The maximum absolute atomic E-state index is 13.8. The van der Waals surface area contributed by atoms with Gasteiger partial charge in [0.25, 0.3) is 5.56 Å². The summed E-state index contributed by atoms with van der Waals surface area (Å²) in [5.74, 6) is 0.481. The van der Waals surface area contributed by atoms with Gasteiger partial charge in [0.2, 0.25) is 0 Å². The highest BCUT2D eigenvalue weighted by Crippen LogP contribution is 2.44. The first-order valence-corrected chi connectivity index (χ1v) is 13.8. The van der Waals surface area contributed by atoms with Crippen LogP contribution in [0.25, 0.3) is 22.0 Å². The molecule has 0 saturated carbocycles. The summed E-state index contributed by atoms with van der Waals surface area (Å²) in [7, 11) is 2.08. The molecule has 8 heteroatoms. The van der Waals surface area contributed by atoms with Gasteiger partial charge in [0.05, 0.1) is 22.0 Å². The number of fused-ring (bicyclic) bond motifs is 4. The molecule has 6 rings (SSSR count). The molecule has 1 aliphatic carbocycles. The average Bonchev–Trinajstić information content (AvgIpc) is 3.26. The maximum atomic E-state index is 13.8. The smallest absolute Gasteiger partial charge is 0.407 e. The van der Waals surface area contributed by atoms with E-state index < -0.39 is 12.1 Å². The molecular formula is C31H31ClN4O3. The van der Waals surface area contributed by atoms with Gasteiger partial charge >= 0.3 is 6.09 Å². The molecule has 2 heterocycles. The molecule has 0 radical (unpaired) electrons. The fourth-order valence-electron chi connectivity index (χ4n) is 6.01. The number of rotatable bonds is 5. The Balaban J connectivity index is 1.25. The molecule has 39 heavy (non-hydrogen) atoms. The van der Waals surface area contributed by atoms with E-state index in [1.54, 1.807) is 22.8 Å². The highest BCUT2D eigenvalue weighted by Gasteiger charge is 2.30. The summed E-state index contributed by atoms with van der Waals surface area (Å²) in [6.45, 7) is 3.82. The molecule has 0 unspecified atom stereocenters. The summed E-state index contributed by atoms with van der Waals surface area (Å²) in [5, 5.41) is 3.73. The maximum Gasteiger partial charge on any atom is 0.407 e. The van der Waals surface area contributed by atoms with Crippen molar-refractivity contribution in [2.24, 2.45) is 0 Å². The fraction of sp³-hybridized carbons (Fsp3) is 0.323. The van der Waals surface area contributed by atoms with Crippen LogP contribution in [0.15, 0.2) is 71.5 Å². The Morgan fingerprint density at radius 1 is 1.03 bits per heavy atom. The zero-order valence-electron chi connectivity index (χ0n) is 22.1. The molecule has 200 valence electrons. The number of carbonyl (C=O) groups excluding carboxylic acids is 1. The largest absolute Gasteiger partial charge is 0.449 e. The highest BCUT2D eigenvalue weighted by molar-refractivity contribution is 6.35. The standard InChI is InChI=1S/C31H31ClN4O3/c1-19(33-31(38)39-18-25-23-10-5-3-8-21(23)22-9-4-6-11-24(22)25)29-34-27-13-7-12-26(32)28(27)30(37)36(29)20-14-16-35(2)17-15-20/h3-13,19-20,25H,14-18H2,1-2H3,(H,33,38)/t19-/m0/s1. The Bertz CT molecular complexity index is 1560. The topological polar surface area (TPSA) is 76.5 Å². The Kier molecular flexibility index (Phi) is 6.87. The summed E-state index contributed by atoms with van der Waals surface area (Å²) < 4.78 is 7.52. The number of piperidine rings is 1. The van der Waals surface area contributed by atoms with Crippen molar-refractivity contribution >= 4 is 28.6 Å². The van der Waals surface area contributed by atoms with Crippen LogP contribution in [-0.4, -0.2) is 47.3 Å². The molecule has 3 aromatic carbocycles. The average molecular weight is 543 g/mol. The summed E-state index contributed by atoms with van der Waals surface area (Å²) in [5.41, 5.74) is 5.02. The summed E-state index contributed by atoms with van der Waals surface area (Å²) in [6, 6.07) is 21.2. The molecule has 4 aromatic rings. The predicted molar refractivity (Wildman–Crippen MR) is 153 cm³/mol. The van der Waals surface area contributed by atoms with Crippen molar-refractivity contribution in [1.29, 1.82) is 0 Å². The number of nitrogens with zero attached hydrogens (tertiary/aromatic N) is 3. The quantitative estimate of drug-likeness (QED) is 0.339. The number of carbonyl (C=O) groups is 1. The molecule has 7 nitrogen and oxygen atoms in total. The van der Waals surface area contributed by atoms with Gasteiger partial charge in [0, 0.05) is 12.0 Å². The van der Waals surface area contributed by atoms with Crippen molar-refractivity contribution in [2.45, 2.75) is 37.8 Å². The third-order valence-corrected chi connectivity index (χ3v) is 8.34. The number of likely N-dealkylation sites (tertiary alicyclic amines) is 1. The monoisotopic (exact) mass is 542 g/mol. The van der Waals surface area contributed by atoms with Gasteiger partial charge in [0.1, 0.15) is 12.4 Å². The van der Waals surface area contributed by atoms with Crippen molar-refractivity contribution in [2.75, 3.05) is 26.7 Å². The van der Waals surface area contributed by atoms with Gasteiger partial charge in [-0.3, -0.25) is 9.36 Å². The number of halogens is 1. The molecule has 1 amide bonds. The van der Waals surface area contributed by atoms with Crippen LogP contribution >= 0.6 is 11.6 Å². The number of nitrogens with one attached hydrogen (secondary N) is 1. The molecule has 1 saturated heterocycles. The molecule has 1 atom stereocenters. The summed E-state index contributed by atoms with van der Waals surface area (Å²) in [6.07, 6.45) is 1.09. The normalized spacial score (nSPS) is 16.6. The van der Waals surface area contributed by atoms with Crippen LogP contribution in [0.3, 0.4) is 0 Å². The minimum Gasteiger partial charge on any atom is -0.449 e. The van der Waals surface area contributed by atoms with Gasteiger partial charge in [-0.2, -0.15) is 0 Å². The second-order valence-corrected chi connectivity index (χ2v) is 10.9. The lowest BCUT2D eigenvalue weighted by Crippen LogP contribution is -2.40. The molecular weight excluding hydrogens is 512 g/mol. The summed E-state index contributed by atoms with van der Waals surface area (Å²) in [4.78, 5) is 33.9. The molecule has 1 aliphatic heterocycles. The number of ether oxygens (including phenoxy) is 1. The van der Waals surface area contributed by atoms with Crippen LogP contribution in [0.4, 0.5) is 4.79 Å². The Morgan fingerprint density at radius 2 is 1.67 bits per heavy atom. The zero-order valence-corrected chi connectivity index (χ0v) is 22.8. The number of alkyl carbamates (subject to hydrolysis) is 1. The van der Waals surface area contributed by atoms with E-state index in [4.69, 9.17) is 21.3 Å². The van der Waals surface area contributed by atoms with Gasteiger partial charge in [-0.15, -0.1) is 0 Å². The van der Waals surface area contributed by atoms with Crippen molar-refractivity contribution in [3.05, 3.63) is 99.1 Å². The van der Waals surface area contributed by atoms with Gasteiger partial charge in [-0.25, -0.2) is 9.78 Å². The van der Waals surface area contributed by atoms with Crippen LogP contribution in [0.2, 0.25) is 5.02 Å². The van der Waals surface area contributed by atoms with E-state index in [0.29, 0.717) is 21.7 Å². The van der Waals surface area contributed by atoms with E-state index >= 15 is 0 Å². The third-order valence-electron chi connectivity index (χ3n) is 8.02. The van der Waals surface area contributed by atoms with E-state index in [9.17, 15) is 9.59 Å². The third kappa shape index (κ3) is 4.70. The molecule has 1 fully saturated rings. The lowest BCUT2D eigenvalue weighted by Gasteiger charge is -2.32. The molecule has 0 bridgehead atoms. The molecule has 2 aliphatic rings. The van der Waals surface area contributed by atoms with Gasteiger partial charge < -0.3 is 15.0 Å². The number of aromatic nitrogens is 2. The van der Waals surface area contributed by atoms with E-state index in [-0.39, 0.29) is 24.1 Å². The Labute approximate surface area is 232 Å². The van der Waals surface area contributed by atoms with E-state index in [1.165, 1.54) is 11.1 Å². The second-order valence-electron chi connectivity index (χ2n) is 10.5. The number of amides is 1. The number of benzene rings is 3. The number of hydrogen-bond acceptors (Lipinski definition) is 5. The molecule has 1 N–H and O–H groups in total. The van der Waals surface area contributed by atoms with Crippen LogP contribution in [-0.2, 0) is 4.74 Å². The SMILES string of the molecule is C[C@H](NC(=O)OCC1c2ccccc2-c2ccccc21)c1nc2cccc(Cl)c2c(=O)n1C1CCN(C)CC1. The van der Waals surface area contributed by atoms with E-state index in [2.05, 4.69) is 41.5 Å². The van der Waals surface area contributed by atoms with Gasteiger partial charge in [0.15, 0.2) is 0 Å². The first-order chi connectivity index (χ1) is 18.9. The lowest BCUT2D eigenvalue weighted by atomic mass is 9.98. The van der Waals surface area contributed by atoms with E-state index in [1.807, 2.05) is 31.2 Å². The van der Waals surface area contributed by atoms with Crippen molar-refractivity contribution < 1.29 is 9.53 Å². The molecule has 0 spiro atoms. The Hall–Kier alpha value is -3.68. The van der Waals surface area contributed by atoms with Crippen molar-refractivity contribution in [1.82, 2.24) is 19.8 Å². The van der Waals surface area contributed by atoms with Crippen molar-refractivity contribution in [3.8, 4) is 11.1 Å². The van der Waals surface area contributed by atoms with Crippen LogP contribution in [0.5, 0.6) is 0 Å². The van der Waals surface area contributed by atoms with E-state index in [0.717, 1.165) is 37.1 Å². The predicted octanol–water partition coefficient (Wildman–Crippen LogP) is 5.92. The summed E-state index contributed by atoms with van der Waals surface area (Å²) >= 11 is 6.44. The number of hydrogen-bond donors (Lipinski definition) is 1. The van der Waals surface area contributed by atoms with Crippen LogP contribution in [0.1, 0.15) is 54.7 Å². The van der Waals surface area contributed by atoms with Gasteiger partial charge in [-0.1, -0.05) is 66.2 Å². The highest BCUT2D eigenvalue weighted by atomic mass is 35.5. The molecule has 1 aromatic heterocycles. The second kappa shape index (κ2) is 10.5. The first-order valence-electron chi connectivity index (χ1n) is 13.4. The minimum atomic E-state index is -0.545. The van der Waals surface area contributed by atoms with Crippen LogP contribution < -0.4 is 10.9 Å². The Morgan fingerprint density at radius 3 is 2.33 bits per heavy atom. The van der Waals surface area contributed by atoms with Gasteiger partial charge in [-0.05, 0) is 74.3 Å². The lowest BCUT2D eigenvalue weighted by molar-refractivity contribution is 0.138.